The largest absolute Gasteiger partial charge is 0.302 e. The fraction of sp³-hybridized carbons (Fsp3) is 0.875. The molecule has 0 fully saturated rings. The second-order valence-electron chi connectivity index (χ2n) is 2.29. The molecule has 0 spiro atoms. The highest BCUT2D eigenvalue weighted by atomic mass is 15.2. The van der Waals surface area contributed by atoms with E-state index in [1.807, 2.05) is 0 Å². The molecular weight excluding hydrogens is 124 g/mol. The normalized spacial score (nSPS) is 14.1. The van der Waals surface area contributed by atoms with Gasteiger partial charge in [-0.3, -0.25) is 4.90 Å². The monoisotopic (exact) mass is 143 g/mol. The Morgan fingerprint density at radius 3 is 2.10 bits per heavy atom. The van der Waals surface area contributed by atoms with Crippen molar-refractivity contribution in [3.63, 3.8) is 0 Å². The smallest absolute Gasteiger partial charge is 0.0597 e. The fourth-order valence-electron chi connectivity index (χ4n) is 1.03. The first-order chi connectivity index (χ1) is 4.76. The van der Waals surface area contributed by atoms with Crippen molar-refractivity contribution in [2.75, 3.05) is 19.6 Å². The van der Waals surface area contributed by atoms with Crippen LogP contribution in [0.2, 0.25) is 0 Å². The molecule has 0 aliphatic rings. The standard InChI is InChI=1S/C8H19N2/c1-5-9-8(4)10(6-2)7-3/h8-9H,4-7H2,1-3H3. The molecule has 0 bridgehead atoms. The van der Waals surface area contributed by atoms with Gasteiger partial charge in [-0.25, -0.2) is 0 Å². The molecule has 2 nitrogen and oxygen atoms in total. The number of hydrogen-bond acceptors (Lipinski definition) is 2. The molecule has 2 heteroatoms. The van der Waals surface area contributed by atoms with Crippen molar-refractivity contribution in [2.24, 2.45) is 0 Å². The van der Waals surface area contributed by atoms with E-state index in [0.29, 0.717) is 0 Å². The summed E-state index contributed by atoms with van der Waals surface area (Å²) in [4.78, 5) is 2.28. The minimum Gasteiger partial charge on any atom is -0.302 e. The lowest BCUT2D eigenvalue weighted by Gasteiger charge is -2.26. The number of nitrogens with one attached hydrogen (secondary N) is 1. The van der Waals surface area contributed by atoms with Crippen LogP contribution in [0.3, 0.4) is 0 Å². The zero-order valence-electron chi connectivity index (χ0n) is 7.35. The van der Waals surface area contributed by atoms with Gasteiger partial charge >= 0.3 is 0 Å². The van der Waals surface area contributed by atoms with Crippen LogP contribution in [0.15, 0.2) is 0 Å². The Hall–Kier alpha value is -0.0800. The van der Waals surface area contributed by atoms with Crippen LogP contribution >= 0.6 is 0 Å². The molecule has 1 unspecified atom stereocenters. The molecule has 0 amide bonds. The van der Waals surface area contributed by atoms with E-state index in [2.05, 4.69) is 37.9 Å². The van der Waals surface area contributed by atoms with Crippen LogP contribution in [0.4, 0.5) is 0 Å². The highest BCUT2D eigenvalue weighted by Gasteiger charge is 2.06. The lowest BCUT2D eigenvalue weighted by Crippen LogP contribution is -2.43. The van der Waals surface area contributed by atoms with E-state index in [1.165, 1.54) is 0 Å². The van der Waals surface area contributed by atoms with Crippen LogP contribution < -0.4 is 5.32 Å². The summed E-state index contributed by atoms with van der Waals surface area (Å²) in [6.07, 6.45) is 0.278. The van der Waals surface area contributed by atoms with E-state index in [0.717, 1.165) is 19.6 Å². The molecule has 0 aliphatic heterocycles. The molecule has 61 valence electrons. The minimum absolute atomic E-state index is 0.278. The summed E-state index contributed by atoms with van der Waals surface area (Å²) < 4.78 is 0. The van der Waals surface area contributed by atoms with Crippen molar-refractivity contribution in [1.29, 1.82) is 0 Å². The van der Waals surface area contributed by atoms with E-state index in [9.17, 15) is 0 Å². The molecule has 0 heterocycles. The maximum Gasteiger partial charge on any atom is 0.0597 e. The SMILES string of the molecule is [CH2]C(NCC)N(CC)CC. The average molecular weight is 143 g/mol. The maximum atomic E-state index is 3.98. The Morgan fingerprint density at radius 2 is 1.80 bits per heavy atom. The first-order valence-electron chi connectivity index (χ1n) is 4.06. The summed E-state index contributed by atoms with van der Waals surface area (Å²) in [6.45, 7) is 13.5. The van der Waals surface area contributed by atoms with Gasteiger partial charge < -0.3 is 5.32 Å². The molecule has 0 aromatic carbocycles. The third-order valence-corrected chi connectivity index (χ3v) is 1.69. The van der Waals surface area contributed by atoms with Crippen LogP contribution in [-0.2, 0) is 0 Å². The molecule has 0 saturated heterocycles. The van der Waals surface area contributed by atoms with E-state index >= 15 is 0 Å². The molecule has 0 aromatic heterocycles. The van der Waals surface area contributed by atoms with Gasteiger partial charge in [0.1, 0.15) is 0 Å². The Morgan fingerprint density at radius 1 is 1.30 bits per heavy atom. The van der Waals surface area contributed by atoms with Gasteiger partial charge in [0.2, 0.25) is 0 Å². The van der Waals surface area contributed by atoms with Crippen molar-refractivity contribution in [2.45, 2.75) is 26.9 Å². The zero-order chi connectivity index (χ0) is 7.98. The lowest BCUT2D eigenvalue weighted by molar-refractivity contribution is 0.221. The summed E-state index contributed by atoms with van der Waals surface area (Å²) in [5, 5.41) is 3.26. The Bertz CT molecular complexity index is 69.7. The van der Waals surface area contributed by atoms with Crippen molar-refractivity contribution in [1.82, 2.24) is 10.2 Å². The molecule has 0 saturated carbocycles. The second-order valence-corrected chi connectivity index (χ2v) is 2.29. The fourth-order valence-corrected chi connectivity index (χ4v) is 1.03. The molecular formula is C8H19N2. The Balaban J connectivity index is 3.53. The van der Waals surface area contributed by atoms with E-state index in [1.54, 1.807) is 0 Å². The van der Waals surface area contributed by atoms with Gasteiger partial charge in [-0.2, -0.15) is 0 Å². The van der Waals surface area contributed by atoms with Gasteiger partial charge in [-0.15, -0.1) is 0 Å². The van der Waals surface area contributed by atoms with E-state index < -0.39 is 0 Å². The Kier molecular flexibility index (Phi) is 5.64. The van der Waals surface area contributed by atoms with Gasteiger partial charge in [0.25, 0.3) is 0 Å². The van der Waals surface area contributed by atoms with Crippen molar-refractivity contribution < 1.29 is 0 Å². The van der Waals surface area contributed by atoms with Crippen LogP contribution in [0.5, 0.6) is 0 Å². The first kappa shape index (κ1) is 9.92. The maximum absolute atomic E-state index is 3.98. The summed E-state index contributed by atoms with van der Waals surface area (Å²) in [7, 11) is 0. The third-order valence-electron chi connectivity index (χ3n) is 1.69. The van der Waals surface area contributed by atoms with E-state index in [-0.39, 0.29) is 6.17 Å². The van der Waals surface area contributed by atoms with Gasteiger partial charge in [0.15, 0.2) is 0 Å². The highest BCUT2D eigenvalue weighted by molar-refractivity contribution is 4.68. The van der Waals surface area contributed by atoms with Gasteiger partial charge in [-0.1, -0.05) is 20.8 Å². The summed E-state index contributed by atoms with van der Waals surface area (Å²) >= 11 is 0. The number of hydrogen-bond donors (Lipinski definition) is 1. The topological polar surface area (TPSA) is 15.3 Å². The lowest BCUT2D eigenvalue weighted by atomic mass is 10.4. The number of rotatable bonds is 5. The average Bonchev–Trinajstić information content (AvgIpc) is 1.91. The van der Waals surface area contributed by atoms with Crippen LogP contribution in [0.25, 0.3) is 0 Å². The second kappa shape index (κ2) is 5.69. The minimum atomic E-state index is 0.278. The predicted molar refractivity (Wildman–Crippen MR) is 45.7 cm³/mol. The van der Waals surface area contributed by atoms with Crippen molar-refractivity contribution >= 4 is 0 Å². The molecule has 1 N–H and O–H groups in total. The van der Waals surface area contributed by atoms with Crippen LogP contribution in [-0.4, -0.2) is 30.7 Å². The van der Waals surface area contributed by atoms with Gasteiger partial charge in [0.05, 0.1) is 6.17 Å². The van der Waals surface area contributed by atoms with Crippen molar-refractivity contribution in [3.05, 3.63) is 6.92 Å². The third kappa shape index (κ3) is 3.18. The Labute approximate surface area is 64.6 Å². The molecule has 0 rings (SSSR count). The first-order valence-corrected chi connectivity index (χ1v) is 4.06. The van der Waals surface area contributed by atoms with Crippen LogP contribution in [0, 0.1) is 6.92 Å². The zero-order valence-corrected chi connectivity index (χ0v) is 7.35. The van der Waals surface area contributed by atoms with Crippen LogP contribution in [0.1, 0.15) is 20.8 Å². The summed E-state index contributed by atoms with van der Waals surface area (Å²) in [6, 6.07) is 0. The molecule has 0 aliphatic carbocycles. The summed E-state index contributed by atoms with van der Waals surface area (Å²) in [5.74, 6) is 0. The number of nitrogens with zero attached hydrogens (tertiary/aromatic N) is 1. The van der Waals surface area contributed by atoms with Crippen molar-refractivity contribution in [3.8, 4) is 0 Å². The van der Waals surface area contributed by atoms with E-state index in [4.69, 9.17) is 0 Å². The molecule has 1 radical (unpaired) electrons. The predicted octanol–water partition coefficient (Wildman–Crippen LogP) is 1.10. The molecule has 1 atom stereocenters. The molecule has 0 aromatic rings. The van der Waals surface area contributed by atoms with Gasteiger partial charge in [0, 0.05) is 0 Å². The quantitative estimate of drug-likeness (QED) is 0.580. The molecule has 10 heavy (non-hydrogen) atoms. The highest BCUT2D eigenvalue weighted by Crippen LogP contribution is 1.92. The van der Waals surface area contributed by atoms with Gasteiger partial charge in [-0.05, 0) is 26.6 Å². The summed E-state index contributed by atoms with van der Waals surface area (Å²) in [5.41, 5.74) is 0.